The van der Waals surface area contributed by atoms with Gasteiger partial charge in [-0.3, -0.25) is 0 Å². The molecular weight excluding hydrogens is 284 g/mol. The summed E-state index contributed by atoms with van der Waals surface area (Å²) in [5.74, 6) is 1.32. The van der Waals surface area contributed by atoms with Crippen molar-refractivity contribution in [1.29, 1.82) is 0 Å². The summed E-state index contributed by atoms with van der Waals surface area (Å²) in [5, 5.41) is 4.04. The molecule has 1 heterocycles. The first-order valence-electron chi connectivity index (χ1n) is 6.17. The maximum Gasteiger partial charge on any atom is 2.00 e. The van der Waals surface area contributed by atoms with E-state index in [2.05, 4.69) is 50.0 Å². The molecule has 5 heteroatoms. The van der Waals surface area contributed by atoms with Crippen molar-refractivity contribution in [2.45, 2.75) is 41.0 Å². The Balaban J connectivity index is 0.00000180. The second-order valence-electron chi connectivity index (χ2n) is 5.98. The molecular formula is C15H19ClMgN2O. The third-order valence-corrected chi connectivity index (χ3v) is 2.66. The molecule has 0 aliphatic heterocycles. The summed E-state index contributed by atoms with van der Waals surface area (Å²) >= 11 is 0. The van der Waals surface area contributed by atoms with Crippen molar-refractivity contribution < 1.29 is 16.9 Å². The summed E-state index contributed by atoms with van der Waals surface area (Å²) in [4.78, 5) is 4.45. The molecule has 0 fully saturated rings. The van der Waals surface area contributed by atoms with Gasteiger partial charge in [-0.2, -0.15) is 0 Å². The Labute approximate surface area is 143 Å². The molecule has 0 saturated heterocycles. The van der Waals surface area contributed by atoms with Crippen LogP contribution >= 0.6 is 0 Å². The van der Waals surface area contributed by atoms with Gasteiger partial charge in [0.05, 0.1) is 0 Å². The van der Waals surface area contributed by atoms with Gasteiger partial charge >= 0.3 is 23.1 Å². The first-order chi connectivity index (χ1) is 8.35. The SMILES string of the molecule is Cc1c[c-]c(-c2noc(CC(C)(C)C)n2)c(C)c1.[Cl-].[Mg+2]. The molecule has 104 valence electrons. The minimum absolute atomic E-state index is 0. The van der Waals surface area contributed by atoms with Crippen molar-refractivity contribution in [2.75, 3.05) is 0 Å². The van der Waals surface area contributed by atoms with E-state index in [0.717, 1.165) is 17.5 Å². The maximum absolute atomic E-state index is 5.30. The summed E-state index contributed by atoms with van der Waals surface area (Å²) in [6, 6.07) is 7.26. The molecule has 0 unspecified atom stereocenters. The summed E-state index contributed by atoms with van der Waals surface area (Å²) in [6.07, 6.45) is 0.783. The Hall–Kier alpha value is -0.584. The normalized spacial score (nSPS) is 10.7. The van der Waals surface area contributed by atoms with E-state index in [0.29, 0.717) is 11.7 Å². The summed E-state index contributed by atoms with van der Waals surface area (Å²) in [7, 11) is 0. The molecule has 2 rings (SSSR count). The zero-order chi connectivity index (χ0) is 13.3. The van der Waals surface area contributed by atoms with Gasteiger partial charge in [0.2, 0.25) is 5.89 Å². The molecule has 20 heavy (non-hydrogen) atoms. The van der Waals surface area contributed by atoms with Crippen molar-refractivity contribution in [3.05, 3.63) is 35.2 Å². The number of aromatic nitrogens is 2. The summed E-state index contributed by atoms with van der Waals surface area (Å²) in [6.45, 7) is 10.5. The maximum atomic E-state index is 5.30. The summed E-state index contributed by atoms with van der Waals surface area (Å²) in [5.41, 5.74) is 3.38. The molecule has 0 spiro atoms. The number of rotatable bonds is 2. The van der Waals surface area contributed by atoms with Crippen LogP contribution in [0, 0.1) is 25.3 Å². The molecule has 0 radical (unpaired) electrons. The fourth-order valence-electron chi connectivity index (χ4n) is 1.88. The average molecular weight is 303 g/mol. The molecule has 0 atom stereocenters. The van der Waals surface area contributed by atoms with Gasteiger partial charge in [-0.15, -0.1) is 40.0 Å². The molecule has 1 aromatic heterocycles. The average Bonchev–Trinajstić information content (AvgIpc) is 2.63. The second-order valence-corrected chi connectivity index (χ2v) is 5.98. The van der Waals surface area contributed by atoms with Crippen LogP contribution in [0.3, 0.4) is 0 Å². The standard InChI is InChI=1S/C15H19N2O.ClH.Mg/c1-10-6-7-12(11(2)8-10)14-16-13(18-17-14)9-15(3,4)5;;/h6,8H,9H2,1-5H3;1H;/q-1;;+2/p-1. The second kappa shape index (κ2) is 7.43. The molecule has 0 saturated carbocycles. The van der Waals surface area contributed by atoms with Gasteiger partial charge in [0.15, 0.2) is 0 Å². The smallest absolute Gasteiger partial charge is 1.00 e. The molecule has 1 aromatic carbocycles. The first kappa shape index (κ1) is 19.4. The van der Waals surface area contributed by atoms with Crippen LogP contribution in [-0.4, -0.2) is 33.2 Å². The van der Waals surface area contributed by atoms with Crippen molar-refractivity contribution in [3.63, 3.8) is 0 Å². The number of nitrogens with zero attached hydrogens (tertiary/aromatic N) is 2. The molecule has 0 aliphatic rings. The van der Waals surface area contributed by atoms with E-state index in [1.165, 1.54) is 5.56 Å². The van der Waals surface area contributed by atoms with Gasteiger partial charge in [-0.1, -0.05) is 34.6 Å². The van der Waals surface area contributed by atoms with Crippen molar-refractivity contribution in [3.8, 4) is 11.4 Å². The van der Waals surface area contributed by atoms with Crippen LogP contribution < -0.4 is 12.4 Å². The van der Waals surface area contributed by atoms with Gasteiger partial charge in [0.25, 0.3) is 0 Å². The van der Waals surface area contributed by atoms with E-state index in [-0.39, 0.29) is 40.9 Å². The van der Waals surface area contributed by atoms with Crippen molar-refractivity contribution in [1.82, 2.24) is 10.1 Å². The van der Waals surface area contributed by atoms with E-state index >= 15 is 0 Å². The van der Waals surface area contributed by atoms with Crippen LogP contribution in [0.4, 0.5) is 0 Å². The van der Waals surface area contributed by atoms with E-state index < -0.39 is 0 Å². The third kappa shape index (κ3) is 5.07. The molecule has 0 bridgehead atoms. The zero-order valence-electron chi connectivity index (χ0n) is 12.7. The van der Waals surface area contributed by atoms with E-state index in [1.54, 1.807) is 0 Å². The van der Waals surface area contributed by atoms with Gasteiger partial charge in [0, 0.05) is 6.42 Å². The van der Waals surface area contributed by atoms with Gasteiger partial charge in [-0.05, 0) is 5.41 Å². The monoisotopic (exact) mass is 302 g/mol. The van der Waals surface area contributed by atoms with Crippen LogP contribution in [-0.2, 0) is 6.42 Å². The van der Waals surface area contributed by atoms with Crippen molar-refractivity contribution >= 4 is 23.1 Å². The predicted molar refractivity (Wildman–Crippen MR) is 77.0 cm³/mol. The van der Waals surface area contributed by atoms with Crippen LogP contribution in [0.15, 0.2) is 16.7 Å². The zero-order valence-corrected chi connectivity index (χ0v) is 14.9. The van der Waals surface area contributed by atoms with Crippen LogP contribution in [0.1, 0.15) is 37.8 Å². The minimum atomic E-state index is 0. The third-order valence-electron chi connectivity index (χ3n) is 2.66. The quantitative estimate of drug-likeness (QED) is 0.594. The van der Waals surface area contributed by atoms with E-state index in [9.17, 15) is 0 Å². The Morgan fingerprint density at radius 1 is 1.25 bits per heavy atom. The number of benzene rings is 1. The number of aryl methyl sites for hydroxylation is 2. The number of hydrogen-bond acceptors (Lipinski definition) is 3. The first-order valence-corrected chi connectivity index (χ1v) is 6.17. The fourth-order valence-corrected chi connectivity index (χ4v) is 1.88. The fraction of sp³-hybridized carbons (Fsp3) is 0.467. The Kier molecular flexibility index (Phi) is 7.21. The number of halogens is 1. The Morgan fingerprint density at radius 2 is 1.90 bits per heavy atom. The Bertz CT molecular complexity index is 561. The number of hydrogen-bond donors (Lipinski definition) is 0. The molecule has 2 aromatic rings. The van der Waals surface area contributed by atoms with Crippen LogP contribution in [0.5, 0.6) is 0 Å². The Morgan fingerprint density at radius 3 is 2.45 bits per heavy atom. The molecule has 0 amide bonds. The van der Waals surface area contributed by atoms with E-state index in [1.807, 2.05) is 13.0 Å². The van der Waals surface area contributed by atoms with Crippen LogP contribution in [0.2, 0.25) is 0 Å². The van der Waals surface area contributed by atoms with Crippen LogP contribution in [0.25, 0.3) is 11.4 Å². The van der Waals surface area contributed by atoms with E-state index in [4.69, 9.17) is 4.52 Å². The van der Waals surface area contributed by atoms with Gasteiger partial charge < -0.3 is 16.9 Å². The van der Waals surface area contributed by atoms with Gasteiger partial charge in [-0.25, -0.2) is 4.98 Å². The molecule has 0 aliphatic carbocycles. The molecule has 3 nitrogen and oxygen atoms in total. The molecule has 0 N–H and O–H groups in total. The van der Waals surface area contributed by atoms with Gasteiger partial charge in [0.1, 0.15) is 5.82 Å². The largest absolute Gasteiger partial charge is 2.00 e. The predicted octanol–water partition coefficient (Wildman–Crippen LogP) is 0.365. The summed E-state index contributed by atoms with van der Waals surface area (Å²) < 4.78 is 5.30. The minimum Gasteiger partial charge on any atom is -1.00 e. The topological polar surface area (TPSA) is 38.9 Å². The van der Waals surface area contributed by atoms with Crippen molar-refractivity contribution in [2.24, 2.45) is 5.41 Å².